The minimum absolute atomic E-state index is 0.167. The van der Waals surface area contributed by atoms with Gasteiger partial charge in [-0.3, -0.25) is 9.69 Å². The van der Waals surface area contributed by atoms with Crippen LogP contribution < -0.4 is 10.6 Å². The number of nitrogens with one attached hydrogen (secondary N) is 2. The standard InChI is InChI=1S/C14H27N3O/c1-3-7-16-11-9-12-4-5-13(10-11)17(12)8-6-14(18)15-2/h11-13,16H,3-10H2,1-2H3,(H,15,18). The molecule has 2 unspecified atom stereocenters. The summed E-state index contributed by atoms with van der Waals surface area (Å²) < 4.78 is 0. The summed E-state index contributed by atoms with van der Waals surface area (Å²) >= 11 is 0. The molecule has 2 rings (SSSR count). The molecule has 2 heterocycles. The minimum atomic E-state index is 0.167. The molecule has 104 valence electrons. The van der Waals surface area contributed by atoms with E-state index in [2.05, 4.69) is 22.5 Å². The van der Waals surface area contributed by atoms with Gasteiger partial charge >= 0.3 is 0 Å². The largest absolute Gasteiger partial charge is 0.359 e. The summed E-state index contributed by atoms with van der Waals surface area (Å²) in [4.78, 5) is 13.9. The molecule has 2 N–H and O–H groups in total. The molecule has 18 heavy (non-hydrogen) atoms. The van der Waals surface area contributed by atoms with Gasteiger partial charge in [-0.1, -0.05) is 6.92 Å². The summed E-state index contributed by atoms with van der Waals surface area (Å²) in [6, 6.07) is 2.13. The Morgan fingerprint density at radius 3 is 2.50 bits per heavy atom. The number of fused-ring (bicyclic) bond motifs is 2. The monoisotopic (exact) mass is 253 g/mol. The van der Waals surface area contributed by atoms with Crippen molar-refractivity contribution < 1.29 is 4.79 Å². The Bertz CT molecular complexity index is 268. The Morgan fingerprint density at radius 2 is 1.94 bits per heavy atom. The van der Waals surface area contributed by atoms with Crippen LogP contribution in [-0.4, -0.2) is 49.1 Å². The lowest BCUT2D eigenvalue weighted by Gasteiger charge is -2.39. The Balaban J connectivity index is 1.80. The molecule has 4 nitrogen and oxygen atoms in total. The molecule has 0 saturated carbocycles. The second-order valence-corrected chi connectivity index (χ2v) is 5.67. The van der Waals surface area contributed by atoms with E-state index in [1.54, 1.807) is 7.05 Å². The average molecular weight is 253 g/mol. The van der Waals surface area contributed by atoms with Gasteiger partial charge in [-0.25, -0.2) is 0 Å². The lowest BCUT2D eigenvalue weighted by molar-refractivity contribution is -0.121. The highest BCUT2D eigenvalue weighted by molar-refractivity contribution is 5.75. The second-order valence-electron chi connectivity index (χ2n) is 5.67. The highest BCUT2D eigenvalue weighted by atomic mass is 16.1. The molecular weight excluding hydrogens is 226 g/mol. The van der Waals surface area contributed by atoms with Gasteiger partial charge in [-0.2, -0.15) is 0 Å². The summed E-state index contributed by atoms with van der Waals surface area (Å²) in [5.41, 5.74) is 0. The molecule has 2 fully saturated rings. The molecule has 0 aromatic heterocycles. The van der Waals surface area contributed by atoms with E-state index >= 15 is 0 Å². The van der Waals surface area contributed by atoms with Crippen molar-refractivity contribution in [2.24, 2.45) is 0 Å². The summed E-state index contributed by atoms with van der Waals surface area (Å²) in [7, 11) is 1.72. The molecule has 0 radical (unpaired) electrons. The maximum absolute atomic E-state index is 11.3. The van der Waals surface area contributed by atoms with Crippen molar-refractivity contribution in [1.82, 2.24) is 15.5 Å². The summed E-state index contributed by atoms with van der Waals surface area (Å²) in [5.74, 6) is 0.167. The van der Waals surface area contributed by atoms with Crippen molar-refractivity contribution in [1.29, 1.82) is 0 Å². The highest BCUT2D eigenvalue weighted by Crippen LogP contribution is 2.35. The first-order chi connectivity index (χ1) is 8.74. The van der Waals surface area contributed by atoms with Crippen molar-refractivity contribution in [2.75, 3.05) is 20.1 Å². The number of nitrogens with zero attached hydrogens (tertiary/aromatic N) is 1. The van der Waals surface area contributed by atoms with Gasteiger partial charge in [-0.05, 0) is 38.6 Å². The van der Waals surface area contributed by atoms with E-state index in [0.717, 1.165) is 13.1 Å². The van der Waals surface area contributed by atoms with Crippen LogP contribution in [-0.2, 0) is 4.79 Å². The SMILES string of the molecule is CCCNC1CC2CCC(C1)N2CCC(=O)NC. The molecule has 0 aromatic rings. The molecule has 4 heteroatoms. The first-order valence-corrected chi connectivity index (χ1v) is 7.44. The fraction of sp³-hybridized carbons (Fsp3) is 0.929. The third-order valence-electron chi connectivity index (χ3n) is 4.44. The van der Waals surface area contributed by atoms with Gasteiger partial charge in [0.05, 0.1) is 0 Å². The van der Waals surface area contributed by atoms with E-state index in [1.807, 2.05) is 0 Å². The number of rotatable bonds is 6. The topological polar surface area (TPSA) is 44.4 Å². The number of hydrogen-bond donors (Lipinski definition) is 2. The van der Waals surface area contributed by atoms with E-state index in [9.17, 15) is 4.79 Å². The smallest absolute Gasteiger partial charge is 0.221 e. The number of carbonyl (C=O) groups excluding carboxylic acids is 1. The molecule has 2 aliphatic rings. The zero-order valence-electron chi connectivity index (χ0n) is 11.7. The molecule has 2 atom stereocenters. The Kier molecular flexibility index (Phi) is 5.01. The van der Waals surface area contributed by atoms with Crippen molar-refractivity contribution in [3.05, 3.63) is 0 Å². The maximum Gasteiger partial charge on any atom is 0.221 e. The number of piperidine rings is 1. The van der Waals surface area contributed by atoms with Crippen molar-refractivity contribution >= 4 is 5.91 Å². The van der Waals surface area contributed by atoms with Crippen LogP contribution in [0.2, 0.25) is 0 Å². The Labute approximate surface area is 110 Å². The normalized spacial score (nSPS) is 31.6. The van der Waals surface area contributed by atoms with Gasteiger partial charge in [-0.15, -0.1) is 0 Å². The molecule has 0 spiro atoms. The number of carbonyl (C=O) groups is 1. The first-order valence-electron chi connectivity index (χ1n) is 7.44. The number of amides is 1. The van der Waals surface area contributed by atoms with Gasteiger partial charge in [0.15, 0.2) is 0 Å². The summed E-state index contributed by atoms with van der Waals surface area (Å²) in [6.45, 7) is 4.30. The van der Waals surface area contributed by atoms with Crippen LogP contribution in [0.4, 0.5) is 0 Å². The average Bonchev–Trinajstić information content (AvgIpc) is 2.63. The molecule has 0 aliphatic carbocycles. The lowest BCUT2D eigenvalue weighted by Crippen LogP contribution is -2.49. The van der Waals surface area contributed by atoms with Crippen molar-refractivity contribution in [3.8, 4) is 0 Å². The van der Waals surface area contributed by atoms with Gasteiger partial charge < -0.3 is 10.6 Å². The zero-order valence-corrected chi connectivity index (χ0v) is 11.7. The van der Waals surface area contributed by atoms with Crippen molar-refractivity contribution in [2.45, 2.75) is 63.6 Å². The summed E-state index contributed by atoms with van der Waals surface area (Å²) in [6.07, 6.45) is 7.04. The lowest BCUT2D eigenvalue weighted by atomic mass is 9.97. The predicted octanol–water partition coefficient (Wildman–Crippen LogP) is 1.12. The second kappa shape index (κ2) is 6.53. The quantitative estimate of drug-likeness (QED) is 0.745. The van der Waals surface area contributed by atoms with E-state index in [0.29, 0.717) is 24.5 Å². The Morgan fingerprint density at radius 1 is 1.28 bits per heavy atom. The van der Waals surface area contributed by atoms with Crippen LogP contribution in [0.15, 0.2) is 0 Å². The van der Waals surface area contributed by atoms with Crippen LogP contribution in [0.1, 0.15) is 45.4 Å². The first kappa shape index (κ1) is 13.8. The van der Waals surface area contributed by atoms with Gasteiger partial charge in [0.25, 0.3) is 0 Å². The molecule has 0 aromatic carbocycles. The molecule has 1 amide bonds. The van der Waals surface area contributed by atoms with Gasteiger partial charge in [0.1, 0.15) is 0 Å². The molecule has 2 bridgehead atoms. The van der Waals surface area contributed by atoms with E-state index < -0.39 is 0 Å². The van der Waals surface area contributed by atoms with Crippen LogP contribution in [0.3, 0.4) is 0 Å². The molecule has 2 aliphatic heterocycles. The fourth-order valence-corrected chi connectivity index (χ4v) is 3.51. The third kappa shape index (κ3) is 3.23. The third-order valence-corrected chi connectivity index (χ3v) is 4.44. The van der Waals surface area contributed by atoms with E-state index in [1.165, 1.54) is 32.1 Å². The van der Waals surface area contributed by atoms with E-state index in [4.69, 9.17) is 0 Å². The Hall–Kier alpha value is -0.610. The predicted molar refractivity (Wildman–Crippen MR) is 73.5 cm³/mol. The molecule has 2 saturated heterocycles. The highest BCUT2D eigenvalue weighted by Gasteiger charge is 2.40. The van der Waals surface area contributed by atoms with Crippen LogP contribution in [0.5, 0.6) is 0 Å². The van der Waals surface area contributed by atoms with E-state index in [-0.39, 0.29) is 5.91 Å². The van der Waals surface area contributed by atoms with Gasteiger partial charge in [0, 0.05) is 38.1 Å². The number of hydrogen-bond acceptors (Lipinski definition) is 3. The minimum Gasteiger partial charge on any atom is -0.359 e. The molecular formula is C14H27N3O. The maximum atomic E-state index is 11.3. The van der Waals surface area contributed by atoms with Crippen LogP contribution >= 0.6 is 0 Å². The van der Waals surface area contributed by atoms with Crippen LogP contribution in [0, 0.1) is 0 Å². The zero-order chi connectivity index (χ0) is 13.0. The fourth-order valence-electron chi connectivity index (χ4n) is 3.51. The van der Waals surface area contributed by atoms with Gasteiger partial charge in [0.2, 0.25) is 5.91 Å². The van der Waals surface area contributed by atoms with Crippen LogP contribution in [0.25, 0.3) is 0 Å². The van der Waals surface area contributed by atoms with Crippen molar-refractivity contribution in [3.63, 3.8) is 0 Å². The summed E-state index contributed by atoms with van der Waals surface area (Å²) in [5, 5.41) is 6.38.